The molecule has 0 heterocycles. The normalized spacial score (nSPS) is 13.8. The Morgan fingerprint density at radius 2 is 2.00 bits per heavy atom. The van der Waals surface area contributed by atoms with Crippen LogP contribution in [0, 0.1) is 6.92 Å². The largest absolute Gasteiger partial charge is 0.508 e. The first-order valence-corrected chi connectivity index (χ1v) is 8.09. The molecule has 24 heavy (non-hydrogen) atoms. The van der Waals surface area contributed by atoms with Crippen molar-refractivity contribution in [3.63, 3.8) is 0 Å². The smallest absolute Gasteiger partial charge is 0.193 e. The molecule has 128 valence electrons. The summed E-state index contributed by atoms with van der Waals surface area (Å²) in [6.07, 6.45) is 4.49. The number of rotatable bonds is 3. The molecule has 0 saturated heterocycles. The van der Waals surface area contributed by atoms with Gasteiger partial charge in [-0.15, -0.1) is 24.0 Å². The van der Waals surface area contributed by atoms with Gasteiger partial charge in [0, 0.05) is 11.3 Å². The minimum Gasteiger partial charge on any atom is -0.508 e. The third-order valence-electron chi connectivity index (χ3n) is 4.32. The molecule has 4 nitrogen and oxygen atoms in total. The molecule has 0 bridgehead atoms. The van der Waals surface area contributed by atoms with Crippen molar-refractivity contribution in [3.05, 3.63) is 58.7 Å². The van der Waals surface area contributed by atoms with E-state index in [0.717, 1.165) is 29.7 Å². The molecule has 1 aliphatic carbocycles. The van der Waals surface area contributed by atoms with Crippen LogP contribution in [-0.4, -0.2) is 11.1 Å². The van der Waals surface area contributed by atoms with E-state index in [0.29, 0.717) is 18.3 Å². The number of anilines is 1. The second-order valence-electron chi connectivity index (χ2n) is 6.10. The monoisotopic (exact) mass is 437 g/mol. The van der Waals surface area contributed by atoms with Crippen LogP contribution >= 0.6 is 24.0 Å². The average Bonchev–Trinajstić information content (AvgIpc) is 2.54. The predicted octanol–water partition coefficient (Wildman–Crippen LogP) is 4.12. The van der Waals surface area contributed by atoms with Crippen LogP contribution in [0.4, 0.5) is 5.69 Å². The van der Waals surface area contributed by atoms with Gasteiger partial charge in [0.25, 0.3) is 0 Å². The number of hydrogen-bond donors (Lipinski definition) is 3. The molecule has 2 aromatic rings. The molecule has 3 rings (SSSR count). The van der Waals surface area contributed by atoms with Crippen molar-refractivity contribution in [2.45, 2.75) is 39.2 Å². The van der Waals surface area contributed by atoms with Crippen LogP contribution in [0.5, 0.6) is 5.75 Å². The maximum Gasteiger partial charge on any atom is 0.193 e. The molecule has 0 saturated carbocycles. The molecule has 0 amide bonds. The van der Waals surface area contributed by atoms with Crippen molar-refractivity contribution in [1.29, 1.82) is 0 Å². The van der Waals surface area contributed by atoms with E-state index in [9.17, 15) is 5.11 Å². The first-order chi connectivity index (χ1) is 11.1. The van der Waals surface area contributed by atoms with Crippen LogP contribution in [0.15, 0.2) is 41.4 Å². The molecule has 0 fully saturated rings. The van der Waals surface area contributed by atoms with Gasteiger partial charge in [-0.05, 0) is 67.5 Å². The number of nitrogens with one attached hydrogen (secondary N) is 1. The molecule has 0 atom stereocenters. The summed E-state index contributed by atoms with van der Waals surface area (Å²) in [5, 5.41) is 13.3. The number of guanidine groups is 1. The van der Waals surface area contributed by atoms with Crippen molar-refractivity contribution in [2.24, 2.45) is 10.7 Å². The minimum atomic E-state index is 0. The highest BCUT2D eigenvalue weighted by Crippen LogP contribution is 2.31. The van der Waals surface area contributed by atoms with E-state index in [1.54, 1.807) is 6.07 Å². The molecular weight excluding hydrogens is 413 g/mol. The van der Waals surface area contributed by atoms with Gasteiger partial charge in [-0.1, -0.05) is 18.2 Å². The second-order valence-corrected chi connectivity index (χ2v) is 6.10. The topological polar surface area (TPSA) is 70.6 Å². The molecule has 0 aromatic heterocycles. The molecule has 0 aliphatic heterocycles. The van der Waals surface area contributed by atoms with Gasteiger partial charge >= 0.3 is 0 Å². The summed E-state index contributed by atoms with van der Waals surface area (Å²) in [5.41, 5.74) is 11.6. The van der Waals surface area contributed by atoms with Crippen LogP contribution in [0.1, 0.15) is 35.1 Å². The number of aliphatic imine (C=N–C) groups is 1. The lowest BCUT2D eigenvalue weighted by Gasteiger charge is -2.19. The summed E-state index contributed by atoms with van der Waals surface area (Å²) < 4.78 is 0. The van der Waals surface area contributed by atoms with Gasteiger partial charge in [-0.2, -0.15) is 0 Å². The van der Waals surface area contributed by atoms with Gasteiger partial charge < -0.3 is 16.2 Å². The van der Waals surface area contributed by atoms with Gasteiger partial charge in [0.05, 0.1) is 6.54 Å². The molecule has 1 aliphatic rings. The number of halogens is 1. The molecule has 0 radical (unpaired) electrons. The van der Waals surface area contributed by atoms with E-state index in [4.69, 9.17) is 5.73 Å². The van der Waals surface area contributed by atoms with Gasteiger partial charge in [0.2, 0.25) is 0 Å². The number of phenolic OH excluding ortho intramolecular Hbond substituents is 1. The van der Waals surface area contributed by atoms with Crippen LogP contribution in [0.2, 0.25) is 0 Å². The maximum absolute atomic E-state index is 10.2. The highest BCUT2D eigenvalue weighted by molar-refractivity contribution is 14.0. The van der Waals surface area contributed by atoms with Crippen LogP contribution < -0.4 is 11.1 Å². The first-order valence-electron chi connectivity index (χ1n) is 8.09. The highest BCUT2D eigenvalue weighted by atomic mass is 127. The van der Waals surface area contributed by atoms with Crippen molar-refractivity contribution < 1.29 is 5.11 Å². The molecule has 2 aromatic carbocycles. The summed E-state index contributed by atoms with van der Waals surface area (Å²) in [5.74, 6) is 0.682. The van der Waals surface area contributed by atoms with Crippen molar-refractivity contribution in [3.8, 4) is 5.75 Å². The molecular formula is C19H24IN3O. The van der Waals surface area contributed by atoms with Gasteiger partial charge in [0.1, 0.15) is 5.75 Å². The number of nitrogens with zero attached hydrogens (tertiary/aromatic N) is 1. The van der Waals surface area contributed by atoms with Gasteiger partial charge in [-0.25, -0.2) is 4.99 Å². The quantitative estimate of drug-likeness (QED) is 0.384. The molecule has 4 N–H and O–H groups in total. The van der Waals surface area contributed by atoms with E-state index in [1.807, 2.05) is 37.3 Å². The van der Waals surface area contributed by atoms with Gasteiger partial charge in [0.15, 0.2) is 5.96 Å². The Balaban J connectivity index is 0.00000208. The zero-order valence-corrected chi connectivity index (χ0v) is 16.2. The summed E-state index contributed by atoms with van der Waals surface area (Å²) in [4.78, 5) is 4.41. The van der Waals surface area contributed by atoms with Crippen molar-refractivity contribution >= 4 is 35.6 Å². The predicted molar refractivity (Wildman–Crippen MR) is 110 cm³/mol. The average molecular weight is 437 g/mol. The van der Waals surface area contributed by atoms with Gasteiger partial charge in [-0.3, -0.25) is 0 Å². The number of phenols is 1. The van der Waals surface area contributed by atoms with E-state index in [-0.39, 0.29) is 24.0 Å². The maximum atomic E-state index is 10.2. The minimum absolute atomic E-state index is 0. The lowest BCUT2D eigenvalue weighted by molar-refractivity contribution is 0.465. The Morgan fingerprint density at radius 1 is 1.21 bits per heavy atom. The summed E-state index contributed by atoms with van der Waals surface area (Å²) in [7, 11) is 0. The van der Waals surface area contributed by atoms with E-state index in [2.05, 4.69) is 10.3 Å². The number of aromatic hydroxyl groups is 1. The number of fused-ring (bicyclic) bond motifs is 1. The second kappa shape index (κ2) is 8.37. The number of hydrogen-bond acceptors (Lipinski definition) is 2. The van der Waals surface area contributed by atoms with E-state index in [1.165, 1.54) is 24.0 Å². The Hall–Kier alpha value is -1.76. The zero-order chi connectivity index (χ0) is 16.2. The fourth-order valence-corrected chi connectivity index (χ4v) is 3.14. The first kappa shape index (κ1) is 18.6. The number of aryl methyl sites for hydroxylation is 2. The Bertz CT molecular complexity index is 743. The molecule has 5 heteroatoms. The Kier molecular flexibility index (Phi) is 6.48. The molecule has 0 spiro atoms. The fraction of sp³-hybridized carbons (Fsp3) is 0.316. The highest BCUT2D eigenvalue weighted by Gasteiger charge is 2.16. The summed E-state index contributed by atoms with van der Waals surface area (Å²) in [6, 6.07) is 11.8. The lowest BCUT2D eigenvalue weighted by Crippen LogP contribution is -2.22. The third-order valence-corrected chi connectivity index (χ3v) is 4.32. The van der Waals surface area contributed by atoms with E-state index >= 15 is 0 Å². The lowest BCUT2D eigenvalue weighted by atomic mass is 9.88. The van der Waals surface area contributed by atoms with Crippen molar-refractivity contribution in [1.82, 2.24) is 0 Å². The number of nitrogens with two attached hydrogens (primary N) is 1. The van der Waals surface area contributed by atoms with E-state index < -0.39 is 0 Å². The van der Waals surface area contributed by atoms with Crippen LogP contribution in [0.25, 0.3) is 0 Å². The number of benzene rings is 2. The standard InChI is InChI=1S/C19H23N3O.HI/c1-13-5-4-7-15(11-13)22-19(20)21-12-17-16-8-3-2-6-14(16)9-10-18(17)23;/h4-5,7,9-11,23H,2-3,6,8,12H2,1H3,(H3,20,21,22);1H. The Labute approximate surface area is 160 Å². The van der Waals surface area contributed by atoms with Crippen LogP contribution in [-0.2, 0) is 19.4 Å². The molecule has 0 unspecified atom stereocenters. The Morgan fingerprint density at radius 3 is 2.79 bits per heavy atom. The van der Waals surface area contributed by atoms with Crippen LogP contribution in [0.3, 0.4) is 0 Å². The summed E-state index contributed by atoms with van der Waals surface area (Å²) >= 11 is 0. The SMILES string of the molecule is Cc1cccc(NC(N)=NCc2c(O)ccc3c2CCCC3)c1.I. The third kappa shape index (κ3) is 4.41. The fourth-order valence-electron chi connectivity index (χ4n) is 3.14. The zero-order valence-electron chi connectivity index (χ0n) is 13.9. The summed E-state index contributed by atoms with van der Waals surface area (Å²) in [6.45, 7) is 2.44. The van der Waals surface area contributed by atoms with Crippen molar-refractivity contribution in [2.75, 3.05) is 5.32 Å².